The normalized spacial score (nSPS) is 26.2. The number of amides is 1. The van der Waals surface area contributed by atoms with Gasteiger partial charge in [-0.3, -0.25) is 4.79 Å². The topological polar surface area (TPSA) is 83.6 Å². The summed E-state index contributed by atoms with van der Waals surface area (Å²) in [6.07, 6.45) is 2.56. The summed E-state index contributed by atoms with van der Waals surface area (Å²) in [5.41, 5.74) is 5.68. The van der Waals surface area contributed by atoms with E-state index in [1.807, 2.05) is 20.8 Å². The molecule has 1 fully saturated rings. The largest absolute Gasteiger partial charge is 0.480 e. The van der Waals surface area contributed by atoms with Gasteiger partial charge in [0.1, 0.15) is 6.04 Å². The fourth-order valence-corrected chi connectivity index (χ4v) is 3.47. The third-order valence-corrected chi connectivity index (χ3v) is 4.70. The Balaban J connectivity index is 2.56. The molecule has 0 radical (unpaired) electrons. The summed E-state index contributed by atoms with van der Waals surface area (Å²) < 4.78 is 0. The molecule has 1 heterocycles. The molecule has 0 aromatic heterocycles. The minimum Gasteiger partial charge on any atom is -0.480 e. The first-order valence-electron chi connectivity index (χ1n) is 6.76. The van der Waals surface area contributed by atoms with Crippen molar-refractivity contribution < 1.29 is 14.7 Å². The van der Waals surface area contributed by atoms with Gasteiger partial charge in [-0.1, -0.05) is 13.3 Å². The fraction of sp³-hybridized carbons (Fsp3) is 0.846. The monoisotopic (exact) mass is 288 g/mol. The Morgan fingerprint density at radius 2 is 2.05 bits per heavy atom. The van der Waals surface area contributed by atoms with Crippen molar-refractivity contribution in [3.05, 3.63) is 0 Å². The number of thioether (sulfide) groups is 1. The minimum atomic E-state index is -0.909. The van der Waals surface area contributed by atoms with Gasteiger partial charge >= 0.3 is 5.97 Å². The number of carbonyl (C=O) groups excluding carboxylic acids is 1. The van der Waals surface area contributed by atoms with Gasteiger partial charge in [-0.25, -0.2) is 4.79 Å². The van der Waals surface area contributed by atoms with Crippen molar-refractivity contribution in [2.24, 2.45) is 11.7 Å². The lowest BCUT2D eigenvalue weighted by Gasteiger charge is -2.28. The highest BCUT2D eigenvalue weighted by molar-refractivity contribution is 8.00. The van der Waals surface area contributed by atoms with E-state index in [1.165, 1.54) is 16.7 Å². The number of nitrogens with zero attached hydrogens (tertiary/aromatic N) is 1. The van der Waals surface area contributed by atoms with Crippen molar-refractivity contribution >= 4 is 23.6 Å². The van der Waals surface area contributed by atoms with Crippen LogP contribution in [0.4, 0.5) is 0 Å². The second-order valence-corrected chi connectivity index (χ2v) is 6.69. The Labute approximate surface area is 118 Å². The molecule has 4 unspecified atom stereocenters. The fourth-order valence-electron chi connectivity index (χ4n) is 2.29. The van der Waals surface area contributed by atoms with Crippen molar-refractivity contribution in [1.82, 2.24) is 4.90 Å². The molecule has 0 bridgehead atoms. The molecule has 4 atom stereocenters. The molecule has 1 aliphatic heterocycles. The number of aliphatic carboxylic acids is 1. The maximum atomic E-state index is 12.4. The third kappa shape index (κ3) is 4.38. The molecule has 0 aliphatic carbocycles. The highest BCUT2D eigenvalue weighted by Crippen LogP contribution is 2.31. The molecular weight excluding hydrogens is 264 g/mol. The zero-order valence-corrected chi connectivity index (χ0v) is 12.7. The van der Waals surface area contributed by atoms with Crippen molar-refractivity contribution in [2.45, 2.75) is 57.5 Å². The van der Waals surface area contributed by atoms with Gasteiger partial charge < -0.3 is 15.7 Å². The van der Waals surface area contributed by atoms with Crippen LogP contribution in [0.3, 0.4) is 0 Å². The van der Waals surface area contributed by atoms with Gasteiger partial charge in [0.05, 0.1) is 5.37 Å². The van der Waals surface area contributed by atoms with E-state index in [0.717, 1.165) is 19.3 Å². The predicted octanol–water partition coefficient (Wildman–Crippen LogP) is 1.51. The molecule has 0 spiro atoms. The van der Waals surface area contributed by atoms with Crippen LogP contribution >= 0.6 is 11.8 Å². The first-order chi connectivity index (χ1) is 8.84. The number of nitrogens with two attached hydrogens (primary N) is 1. The van der Waals surface area contributed by atoms with Gasteiger partial charge in [-0.05, 0) is 26.7 Å². The average molecular weight is 288 g/mol. The van der Waals surface area contributed by atoms with Crippen molar-refractivity contribution in [1.29, 1.82) is 0 Å². The second-order valence-electron chi connectivity index (χ2n) is 5.34. The highest BCUT2D eigenvalue weighted by Gasteiger charge is 2.40. The summed E-state index contributed by atoms with van der Waals surface area (Å²) in [6.45, 7) is 5.71. The Bertz CT molecular complexity index is 336. The van der Waals surface area contributed by atoms with E-state index in [4.69, 9.17) is 10.8 Å². The molecule has 1 aliphatic rings. The SMILES string of the molecule is CC(N)CCCC(C)C(=O)N1C(C)SCC1C(=O)O. The summed E-state index contributed by atoms with van der Waals surface area (Å²) in [6, 6.07) is -0.529. The standard InChI is InChI=1S/C13H24N2O3S/c1-8(5-4-6-9(2)14)12(16)15-10(3)19-7-11(15)13(17)18/h8-11H,4-7,14H2,1-3H3,(H,17,18). The number of rotatable bonds is 6. The molecule has 3 N–H and O–H groups in total. The Morgan fingerprint density at radius 3 is 2.58 bits per heavy atom. The molecule has 110 valence electrons. The maximum Gasteiger partial charge on any atom is 0.327 e. The van der Waals surface area contributed by atoms with Gasteiger partial charge in [-0.15, -0.1) is 11.8 Å². The van der Waals surface area contributed by atoms with Crippen LogP contribution in [0, 0.1) is 5.92 Å². The lowest BCUT2D eigenvalue weighted by atomic mass is 10.00. The van der Waals surface area contributed by atoms with Crippen LogP contribution in [-0.4, -0.2) is 45.1 Å². The van der Waals surface area contributed by atoms with E-state index in [0.29, 0.717) is 5.75 Å². The summed E-state index contributed by atoms with van der Waals surface area (Å²) >= 11 is 1.52. The number of carboxylic acid groups (broad SMARTS) is 1. The molecule has 6 heteroatoms. The third-order valence-electron chi connectivity index (χ3n) is 3.48. The van der Waals surface area contributed by atoms with E-state index in [2.05, 4.69) is 0 Å². The van der Waals surface area contributed by atoms with E-state index in [1.54, 1.807) is 0 Å². The maximum absolute atomic E-state index is 12.4. The lowest BCUT2D eigenvalue weighted by molar-refractivity contribution is -0.150. The summed E-state index contributed by atoms with van der Waals surface area (Å²) in [5, 5.41) is 9.11. The zero-order valence-electron chi connectivity index (χ0n) is 11.8. The van der Waals surface area contributed by atoms with Crippen LogP contribution in [0.15, 0.2) is 0 Å². The molecule has 1 rings (SSSR count). The first-order valence-corrected chi connectivity index (χ1v) is 7.81. The van der Waals surface area contributed by atoms with Gasteiger partial charge in [0.2, 0.25) is 5.91 Å². The number of hydrogen-bond donors (Lipinski definition) is 2. The van der Waals surface area contributed by atoms with Gasteiger partial charge in [-0.2, -0.15) is 0 Å². The zero-order chi connectivity index (χ0) is 14.6. The van der Waals surface area contributed by atoms with Crippen molar-refractivity contribution in [2.75, 3.05) is 5.75 Å². The van der Waals surface area contributed by atoms with Crippen LogP contribution in [0.25, 0.3) is 0 Å². The number of hydrogen-bond acceptors (Lipinski definition) is 4. The lowest BCUT2D eigenvalue weighted by Crippen LogP contribution is -2.46. The first kappa shape index (κ1) is 16.3. The quantitative estimate of drug-likeness (QED) is 0.774. The van der Waals surface area contributed by atoms with E-state index in [9.17, 15) is 9.59 Å². The highest BCUT2D eigenvalue weighted by atomic mass is 32.2. The Kier molecular flexibility index (Phi) is 6.13. The smallest absolute Gasteiger partial charge is 0.327 e. The van der Waals surface area contributed by atoms with E-state index < -0.39 is 12.0 Å². The molecule has 5 nitrogen and oxygen atoms in total. The molecule has 1 amide bonds. The second kappa shape index (κ2) is 7.14. The van der Waals surface area contributed by atoms with E-state index in [-0.39, 0.29) is 23.2 Å². The molecule has 1 saturated heterocycles. The van der Waals surface area contributed by atoms with Crippen LogP contribution < -0.4 is 5.73 Å². The molecule has 0 saturated carbocycles. The molecular formula is C13H24N2O3S. The van der Waals surface area contributed by atoms with Crippen LogP contribution in [0.1, 0.15) is 40.0 Å². The summed E-state index contributed by atoms with van der Waals surface area (Å²) in [4.78, 5) is 25.1. The average Bonchev–Trinajstić information content (AvgIpc) is 2.69. The Morgan fingerprint density at radius 1 is 1.42 bits per heavy atom. The molecule has 0 aromatic carbocycles. The van der Waals surface area contributed by atoms with Gasteiger partial charge in [0, 0.05) is 17.7 Å². The predicted molar refractivity (Wildman–Crippen MR) is 76.9 cm³/mol. The van der Waals surface area contributed by atoms with Crippen LogP contribution in [0.5, 0.6) is 0 Å². The molecule has 0 aromatic rings. The number of carboxylic acids is 1. The van der Waals surface area contributed by atoms with Gasteiger partial charge in [0.25, 0.3) is 0 Å². The Hall–Kier alpha value is -0.750. The molecule has 19 heavy (non-hydrogen) atoms. The van der Waals surface area contributed by atoms with Crippen molar-refractivity contribution in [3.63, 3.8) is 0 Å². The van der Waals surface area contributed by atoms with Crippen LogP contribution in [-0.2, 0) is 9.59 Å². The van der Waals surface area contributed by atoms with E-state index >= 15 is 0 Å². The van der Waals surface area contributed by atoms with Crippen LogP contribution in [0.2, 0.25) is 0 Å². The van der Waals surface area contributed by atoms with Crippen molar-refractivity contribution in [3.8, 4) is 0 Å². The summed E-state index contributed by atoms with van der Waals surface area (Å²) in [7, 11) is 0. The van der Waals surface area contributed by atoms with Gasteiger partial charge in [0.15, 0.2) is 0 Å². The summed E-state index contributed by atoms with van der Waals surface area (Å²) in [5.74, 6) is -0.612. The minimum absolute atomic E-state index is 0.0467. The number of carbonyl (C=O) groups is 2.